The molecule has 0 radical (unpaired) electrons. The molecule has 0 saturated carbocycles. The standard InChI is InChI=1S/C12H16N2.3C11H15N3.C10H14N4.10C2H6/c1-10-6-4-5-7-12(10)14-9-8-13(3)11(14)2;1-9-8-12-5-4-11(9)14-7-6-13(3)10(14)2;1-9-4-5-12-8-11(9)14-7-6-13(3)10(14)2;1-9-11(5-4-6-12-9)14-8-7-13(3)10(14)2;1-8-10(6-11-7-12-8)14-5-4-13(3)9(14)2;10*1-2/h4-9,11H,1-3H3;3*4-8,10H,1-3H3;4-7,9H,1-3H3;10*1-2H3. The van der Waals surface area contributed by atoms with E-state index in [0.717, 1.165) is 17.1 Å². The average molecular weight is 1250 g/mol. The van der Waals surface area contributed by atoms with E-state index in [1.54, 1.807) is 6.33 Å². The van der Waals surface area contributed by atoms with Crippen molar-refractivity contribution in [3.05, 3.63) is 182 Å². The lowest BCUT2D eigenvalue weighted by Crippen LogP contribution is -2.33. The third kappa shape index (κ3) is 28.9. The SMILES string of the molecule is CC.CC.CC.CC.CC.CC.CC.CC.CC.CC.Cc1ccccc1N1C=CN(C)C1C.Cc1ccncc1N1C=CN(C)C1C.Cc1cnccc1N1C=CN(C)C1C.Cc1ncccc1N1C=CN(C)C1C.Cc1ncncc1N1C=CN(C)C1C. The Labute approximate surface area is 555 Å². The first-order valence-corrected chi connectivity index (χ1v) is 34.0. The normalized spacial score (nSPS) is 16.7. The number of hydrogen-bond donors (Lipinski definition) is 0. The van der Waals surface area contributed by atoms with Gasteiger partial charge in [0, 0.05) is 133 Å². The highest BCUT2D eigenvalue weighted by molar-refractivity contribution is 5.59. The molecular formula is C75H135N15. The van der Waals surface area contributed by atoms with E-state index < -0.39 is 0 Å². The van der Waals surface area contributed by atoms with E-state index >= 15 is 0 Å². The maximum atomic E-state index is 4.29. The molecule has 5 unspecified atom stereocenters. The first-order valence-electron chi connectivity index (χ1n) is 34.0. The van der Waals surface area contributed by atoms with E-state index in [1.807, 2.05) is 202 Å². The molecule has 90 heavy (non-hydrogen) atoms. The van der Waals surface area contributed by atoms with Gasteiger partial charge in [0.25, 0.3) is 0 Å². The average Bonchev–Trinajstić information content (AvgIpc) is 3.17. The van der Waals surface area contributed by atoms with Crippen LogP contribution in [-0.4, -0.2) is 115 Å². The van der Waals surface area contributed by atoms with E-state index in [4.69, 9.17) is 0 Å². The van der Waals surface area contributed by atoms with E-state index in [1.165, 1.54) is 39.4 Å². The van der Waals surface area contributed by atoms with Gasteiger partial charge in [-0.1, -0.05) is 157 Å². The van der Waals surface area contributed by atoms with Crippen molar-refractivity contribution in [2.45, 2.75) is 239 Å². The fraction of sp³-hybridized carbons (Fsp3) is 0.533. The molecule has 1 aromatic carbocycles. The van der Waals surface area contributed by atoms with Crippen LogP contribution in [0.15, 0.2) is 154 Å². The Morgan fingerprint density at radius 1 is 0.267 bits per heavy atom. The van der Waals surface area contributed by atoms with Gasteiger partial charge in [-0.05, 0) is 116 Å². The number of nitrogens with zero attached hydrogens (tertiary/aromatic N) is 15. The van der Waals surface area contributed by atoms with Crippen molar-refractivity contribution in [3.8, 4) is 0 Å². The van der Waals surface area contributed by atoms with E-state index in [2.05, 4.69) is 263 Å². The second kappa shape index (κ2) is 55.5. The Morgan fingerprint density at radius 2 is 0.567 bits per heavy atom. The predicted octanol–water partition coefficient (Wildman–Crippen LogP) is 20.1. The molecule has 9 heterocycles. The lowest BCUT2D eigenvalue weighted by atomic mass is 10.2. The van der Waals surface area contributed by atoms with Crippen molar-refractivity contribution in [3.63, 3.8) is 0 Å². The highest BCUT2D eigenvalue weighted by Crippen LogP contribution is 2.29. The van der Waals surface area contributed by atoms with Crippen LogP contribution in [0.4, 0.5) is 28.4 Å². The minimum atomic E-state index is 0.333. The van der Waals surface area contributed by atoms with Gasteiger partial charge in [-0.25, -0.2) is 9.97 Å². The Bertz CT molecular complexity index is 2220. The molecule has 4 aromatic heterocycles. The Kier molecular flexibility index (Phi) is 56.2. The van der Waals surface area contributed by atoms with E-state index in [0.29, 0.717) is 30.8 Å². The van der Waals surface area contributed by atoms with Gasteiger partial charge in [-0.15, -0.1) is 0 Å². The van der Waals surface area contributed by atoms with Crippen molar-refractivity contribution in [1.29, 1.82) is 0 Å². The molecule has 15 heteroatoms. The molecule has 0 aliphatic carbocycles. The Morgan fingerprint density at radius 3 is 0.911 bits per heavy atom. The molecule has 5 aromatic rings. The molecule has 0 bridgehead atoms. The zero-order valence-corrected chi connectivity index (χ0v) is 64.0. The highest BCUT2D eigenvalue weighted by Gasteiger charge is 2.25. The molecule has 0 saturated heterocycles. The van der Waals surface area contributed by atoms with Crippen LogP contribution in [0.3, 0.4) is 0 Å². The zero-order valence-electron chi connectivity index (χ0n) is 64.0. The van der Waals surface area contributed by atoms with Gasteiger partial charge in [-0.2, -0.15) is 0 Å². The molecule has 510 valence electrons. The van der Waals surface area contributed by atoms with Crippen molar-refractivity contribution >= 4 is 28.4 Å². The Balaban J connectivity index is -0.000000312. The number of rotatable bonds is 5. The summed E-state index contributed by atoms with van der Waals surface area (Å²) in [4.78, 5) is 42.8. The van der Waals surface area contributed by atoms with Crippen LogP contribution in [0.5, 0.6) is 0 Å². The summed E-state index contributed by atoms with van der Waals surface area (Å²) < 4.78 is 0. The molecule has 0 fully saturated rings. The third-order valence-corrected chi connectivity index (χ3v) is 13.6. The molecule has 15 nitrogen and oxygen atoms in total. The third-order valence-electron chi connectivity index (χ3n) is 13.6. The molecule has 0 spiro atoms. The molecule has 0 N–H and O–H groups in total. The van der Waals surface area contributed by atoms with Gasteiger partial charge in [0.1, 0.15) is 37.2 Å². The number of para-hydroxylation sites is 1. The van der Waals surface area contributed by atoms with Gasteiger partial charge in [0.2, 0.25) is 0 Å². The summed E-state index contributed by atoms with van der Waals surface area (Å²) in [5, 5.41) is 0. The van der Waals surface area contributed by atoms with Gasteiger partial charge in [-0.3, -0.25) is 15.0 Å². The van der Waals surface area contributed by atoms with E-state index in [-0.39, 0.29) is 0 Å². The van der Waals surface area contributed by atoms with Crippen molar-refractivity contribution in [1.82, 2.24) is 49.4 Å². The van der Waals surface area contributed by atoms with Crippen LogP contribution in [0, 0.1) is 34.6 Å². The number of anilines is 5. The molecule has 0 amide bonds. The van der Waals surface area contributed by atoms with Crippen molar-refractivity contribution in [2.75, 3.05) is 59.7 Å². The number of aryl methyl sites for hydroxylation is 5. The molecule has 5 aliphatic rings. The second-order valence-electron chi connectivity index (χ2n) is 18.2. The summed E-state index contributed by atoms with van der Waals surface area (Å²) in [5.41, 5.74) is 11.8. The maximum Gasteiger partial charge on any atom is 0.115 e. The minimum Gasteiger partial charge on any atom is -0.359 e. The second-order valence-corrected chi connectivity index (χ2v) is 18.2. The zero-order chi connectivity index (χ0) is 70.6. The van der Waals surface area contributed by atoms with Crippen molar-refractivity contribution in [2.24, 2.45) is 0 Å². The first kappa shape index (κ1) is 91.2. The fourth-order valence-corrected chi connectivity index (χ4v) is 8.24. The summed E-state index contributed by atoms with van der Waals surface area (Å²) in [6, 6.07) is 16.6. The summed E-state index contributed by atoms with van der Waals surface area (Å²) in [5.74, 6) is 0. The highest BCUT2D eigenvalue weighted by atomic mass is 15.4. The van der Waals surface area contributed by atoms with Crippen LogP contribution in [0.2, 0.25) is 0 Å². The number of benzene rings is 1. The summed E-state index contributed by atoms with van der Waals surface area (Å²) in [6.45, 7) is 61.2. The first-order chi connectivity index (χ1) is 43.5. The summed E-state index contributed by atoms with van der Waals surface area (Å²) in [6.07, 6.45) is 35.5. The summed E-state index contributed by atoms with van der Waals surface area (Å²) >= 11 is 0. The van der Waals surface area contributed by atoms with Crippen molar-refractivity contribution < 1.29 is 0 Å². The van der Waals surface area contributed by atoms with Crippen LogP contribution >= 0.6 is 0 Å². The largest absolute Gasteiger partial charge is 0.359 e. The number of pyridine rings is 3. The van der Waals surface area contributed by atoms with Gasteiger partial charge in [0.15, 0.2) is 0 Å². The molecule has 5 atom stereocenters. The van der Waals surface area contributed by atoms with Crippen LogP contribution in [0.25, 0.3) is 0 Å². The predicted molar refractivity (Wildman–Crippen MR) is 403 cm³/mol. The lowest BCUT2D eigenvalue weighted by molar-refractivity contribution is 0.382. The molecular weight excluding hydrogens is 1110 g/mol. The van der Waals surface area contributed by atoms with Gasteiger partial charge in [0.05, 0.1) is 40.8 Å². The van der Waals surface area contributed by atoms with E-state index in [9.17, 15) is 0 Å². The van der Waals surface area contributed by atoms with Crippen LogP contribution < -0.4 is 24.5 Å². The monoisotopic (exact) mass is 1250 g/mol. The summed E-state index contributed by atoms with van der Waals surface area (Å²) in [7, 11) is 10.4. The maximum absolute atomic E-state index is 4.29. The topological polar surface area (TPSA) is 96.8 Å². The smallest absolute Gasteiger partial charge is 0.115 e. The van der Waals surface area contributed by atoms with Gasteiger partial charge >= 0.3 is 0 Å². The van der Waals surface area contributed by atoms with Crippen LogP contribution in [-0.2, 0) is 0 Å². The minimum absolute atomic E-state index is 0.333. The number of hydrogen-bond acceptors (Lipinski definition) is 15. The van der Waals surface area contributed by atoms with Crippen LogP contribution in [0.1, 0.15) is 201 Å². The lowest BCUT2D eigenvalue weighted by Gasteiger charge is -2.28. The molecule has 5 aliphatic heterocycles. The van der Waals surface area contributed by atoms with Gasteiger partial charge < -0.3 is 49.0 Å². The number of aromatic nitrogens is 5. The Hall–Kier alpha value is -7.55. The quantitative estimate of drug-likeness (QED) is 0.167. The molecule has 10 rings (SSSR count). The fourth-order valence-electron chi connectivity index (χ4n) is 8.24.